The second kappa shape index (κ2) is 8.17. The van der Waals surface area contributed by atoms with E-state index in [9.17, 15) is 4.79 Å². The number of nitrogens with zero attached hydrogens (tertiary/aromatic N) is 4. The molecule has 0 radical (unpaired) electrons. The highest BCUT2D eigenvalue weighted by Gasteiger charge is 2.24. The third kappa shape index (κ3) is 5.61. The molecule has 0 aliphatic carbocycles. The van der Waals surface area contributed by atoms with Crippen LogP contribution in [0.5, 0.6) is 0 Å². The molecule has 1 amide bonds. The van der Waals surface area contributed by atoms with Crippen LogP contribution in [0.3, 0.4) is 0 Å². The zero-order valence-corrected chi connectivity index (χ0v) is 15.4. The van der Waals surface area contributed by atoms with Crippen molar-refractivity contribution in [1.29, 1.82) is 0 Å². The zero-order valence-electron chi connectivity index (χ0n) is 15.4. The number of rotatable bonds is 4. The standard InChI is InChI=1S/C16H28N6O3/c1-5-24-15(23)22-8-6-11(7-9-22)19-14(17)18-10-12-20-13(25-21-12)16(2,3)4/h11H,5-10H2,1-4H3,(H3,17,18,19). The summed E-state index contributed by atoms with van der Waals surface area (Å²) in [7, 11) is 0. The van der Waals surface area contributed by atoms with Crippen LogP contribution in [-0.2, 0) is 16.7 Å². The lowest BCUT2D eigenvalue weighted by atomic mass is 9.97. The van der Waals surface area contributed by atoms with Crippen molar-refractivity contribution in [3.63, 3.8) is 0 Å². The van der Waals surface area contributed by atoms with Gasteiger partial charge in [-0.2, -0.15) is 4.98 Å². The third-order valence-corrected chi connectivity index (χ3v) is 3.87. The van der Waals surface area contributed by atoms with Crippen LogP contribution in [0.2, 0.25) is 0 Å². The molecular formula is C16H28N6O3. The first-order chi connectivity index (χ1) is 11.8. The highest BCUT2D eigenvalue weighted by atomic mass is 16.6. The van der Waals surface area contributed by atoms with E-state index in [0.717, 1.165) is 12.8 Å². The van der Waals surface area contributed by atoms with Crippen molar-refractivity contribution in [2.45, 2.75) is 58.5 Å². The summed E-state index contributed by atoms with van der Waals surface area (Å²) in [5.74, 6) is 1.43. The van der Waals surface area contributed by atoms with Gasteiger partial charge in [0.25, 0.3) is 0 Å². The predicted octanol–water partition coefficient (Wildman–Crippen LogP) is 1.39. The molecular weight excluding hydrogens is 324 g/mol. The number of carbonyl (C=O) groups is 1. The van der Waals surface area contributed by atoms with Crippen LogP contribution in [-0.4, -0.2) is 52.8 Å². The van der Waals surface area contributed by atoms with Gasteiger partial charge in [0.2, 0.25) is 5.89 Å². The predicted molar refractivity (Wildman–Crippen MR) is 93.1 cm³/mol. The second-order valence-corrected chi connectivity index (χ2v) is 7.07. The summed E-state index contributed by atoms with van der Waals surface area (Å²) >= 11 is 0. The first kappa shape index (κ1) is 19.0. The van der Waals surface area contributed by atoms with Gasteiger partial charge in [0.05, 0.1) is 6.61 Å². The molecule has 0 atom stereocenters. The summed E-state index contributed by atoms with van der Waals surface area (Å²) in [6.07, 6.45) is 1.34. The van der Waals surface area contributed by atoms with E-state index >= 15 is 0 Å². The number of nitrogens with one attached hydrogen (secondary N) is 1. The Balaban J connectivity index is 1.78. The maximum atomic E-state index is 11.7. The van der Waals surface area contributed by atoms with Crippen molar-refractivity contribution in [2.24, 2.45) is 10.7 Å². The van der Waals surface area contributed by atoms with Crippen molar-refractivity contribution in [3.05, 3.63) is 11.7 Å². The normalized spacial score (nSPS) is 16.8. The van der Waals surface area contributed by atoms with Crippen molar-refractivity contribution in [1.82, 2.24) is 20.4 Å². The number of carbonyl (C=O) groups excluding carboxylic acids is 1. The van der Waals surface area contributed by atoms with Gasteiger partial charge < -0.3 is 25.2 Å². The fraction of sp³-hybridized carbons (Fsp3) is 0.750. The van der Waals surface area contributed by atoms with Gasteiger partial charge >= 0.3 is 6.09 Å². The highest BCUT2D eigenvalue weighted by molar-refractivity contribution is 5.78. The Morgan fingerprint density at radius 2 is 2.12 bits per heavy atom. The zero-order chi connectivity index (χ0) is 18.4. The summed E-state index contributed by atoms with van der Waals surface area (Å²) in [6, 6.07) is 0.185. The van der Waals surface area contributed by atoms with E-state index in [1.807, 2.05) is 20.8 Å². The molecule has 1 aromatic rings. The number of likely N-dealkylation sites (tertiary alicyclic amines) is 1. The van der Waals surface area contributed by atoms with E-state index in [4.69, 9.17) is 15.0 Å². The Morgan fingerprint density at radius 3 is 2.68 bits per heavy atom. The Morgan fingerprint density at radius 1 is 1.44 bits per heavy atom. The highest BCUT2D eigenvalue weighted by Crippen LogP contribution is 2.19. The Kier molecular flexibility index (Phi) is 6.22. The fourth-order valence-corrected chi connectivity index (χ4v) is 2.45. The molecule has 25 heavy (non-hydrogen) atoms. The van der Waals surface area contributed by atoms with E-state index < -0.39 is 0 Å². The van der Waals surface area contributed by atoms with Crippen LogP contribution in [0.25, 0.3) is 0 Å². The molecule has 3 N–H and O–H groups in total. The number of aromatic nitrogens is 2. The quantitative estimate of drug-likeness (QED) is 0.621. The topological polar surface area (TPSA) is 119 Å². The van der Waals surface area contributed by atoms with Crippen molar-refractivity contribution < 1.29 is 14.1 Å². The van der Waals surface area contributed by atoms with E-state index in [1.165, 1.54) is 0 Å². The molecule has 0 unspecified atom stereocenters. The number of nitrogens with two attached hydrogens (primary N) is 1. The molecule has 1 aromatic heterocycles. The minimum absolute atomic E-state index is 0.185. The molecule has 2 heterocycles. The number of amides is 1. The van der Waals surface area contributed by atoms with Crippen LogP contribution in [0, 0.1) is 0 Å². The summed E-state index contributed by atoms with van der Waals surface area (Å²) in [6.45, 7) is 9.76. The molecule has 0 bridgehead atoms. The Labute approximate surface area is 148 Å². The number of guanidine groups is 1. The minimum Gasteiger partial charge on any atom is -0.450 e. The number of aliphatic imine (C=N–C) groups is 1. The molecule has 9 nitrogen and oxygen atoms in total. The minimum atomic E-state index is -0.255. The van der Waals surface area contributed by atoms with Gasteiger partial charge in [0, 0.05) is 24.5 Å². The largest absolute Gasteiger partial charge is 0.450 e. The molecule has 1 fully saturated rings. The van der Waals surface area contributed by atoms with Crippen LogP contribution < -0.4 is 11.1 Å². The SMILES string of the molecule is CCOC(=O)N1CCC(NC(N)=NCc2noc(C(C)(C)C)n2)CC1. The van der Waals surface area contributed by atoms with Crippen LogP contribution in [0.15, 0.2) is 9.52 Å². The number of piperidine rings is 1. The van der Waals surface area contributed by atoms with Gasteiger partial charge in [-0.15, -0.1) is 0 Å². The fourth-order valence-electron chi connectivity index (χ4n) is 2.45. The summed E-state index contributed by atoms with van der Waals surface area (Å²) < 4.78 is 10.2. The van der Waals surface area contributed by atoms with Crippen molar-refractivity contribution >= 4 is 12.1 Å². The monoisotopic (exact) mass is 352 g/mol. The van der Waals surface area contributed by atoms with Gasteiger partial charge in [-0.3, -0.25) is 0 Å². The number of ether oxygens (including phenoxy) is 1. The van der Waals surface area contributed by atoms with Crippen molar-refractivity contribution in [3.8, 4) is 0 Å². The number of hydrogen-bond donors (Lipinski definition) is 2. The van der Waals surface area contributed by atoms with E-state index in [0.29, 0.717) is 37.4 Å². The van der Waals surface area contributed by atoms with E-state index in [1.54, 1.807) is 11.8 Å². The maximum absolute atomic E-state index is 11.7. The summed E-state index contributed by atoms with van der Waals surface area (Å²) in [4.78, 5) is 22.0. The summed E-state index contributed by atoms with van der Waals surface area (Å²) in [5, 5.41) is 7.09. The lowest BCUT2D eigenvalue weighted by molar-refractivity contribution is 0.0963. The van der Waals surface area contributed by atoms with E-state index in [2.05, 4.69) is 20.4 Å². The third-order valence-electron chi connectivity index (χ3n) is 3.87. The van der Waals surface area contributed by atoms with Gasteiger partial charge in [-0.25, -0.2) is 9.79 Å². The lowest BCUT2D eigenvalue weighted by Crippen LogP contribution is -2.48. The first-order valence-electron chi connectivity index (χ1n) is 8.60. The van der Waals surface area contributed by atoms with Crippen LogP contribution in [0.4, 0.5) is 4.79 Å². The van der Waals surface area contributed by atoms with Gasteiger partial charge in [-0.1, -0.05) is 25.9 Å². The lowest BCUT2D eigenvalue weighted by Gasteiger charge is -2.31. The second-order valence-electron chi connectivity index (χ2n) is 7.07. The molecule has 0 saturated carbocycles. The first-order valence-corrected chi connectivity index (χ1v) is 8.60. The van der Waals surface area contributed by atoms with Gasteiger partial charge in [-0.05, 0) is 19.8 Å². The van der Waals surface area contributed by atoms with Crippen molar-refractivity contribution in [2.75, 3.05) is 19.7 Å². The van der Waals surface area contributed by atoms with E-state index in [-0.39, 0.29) is 24.1 Å². The Bertz CT molecular complexity index is 599. The van der Waals surface area contributed by atoms with Gasteiger partial charge in [0.1, 0.15) is 6.54 Å². The van der Waals surface area contributed by atoms with Crippen LogP contribution in [0.1, 0.15) is 52.3 Å². The average Bonchev–Trinajstić information content (AvgIpc) is 3.03. The summed E-state index contributed by atoms with van der Waals surface area (Å²) in [5.41, 5.74) is 5.75. The molecule has 9 heteroatoms. The van der Waals surface area contributed by atoms with Gasteiger partial charge in [0.15, 0.2) is 11.8 Å². The molecule has 1 saturated heterocycles. The molecule has 140 valence electrons. The molecule has 0 aromatic carbocycles. The average molecular weight is 352 g/mol. The molecule has 1 aliphatic rings. The molecule has 2 rings (SSSR count). The number of hydrogen-bond acceptors (Lipinski definition) is 6. The van der Waals surface area contributed by atoms with Crippen LogP contribution >= 0.6 is 0 Å². The smallest absolute Gasteiger partial charge is 0.409 e. The molecule has 0 spiro atoms. The molecule has 1 aliphatic heterocycles. The maximum Gasteiger partial charge on any atom is 0.409 e. The Hall–Kier alpha value is -2.32.